The first-order valence-corrected chi connectivity index (χ1v) is 7.91. The zero-order valence-electron chi connectivity index (χ0n) is 9.91. The number of hydrogen-bond acceptors (Lipinski definition) is 3. The van der Waals surface area contributed by atoms with Crippen LogP contribution >= 0.6 is 11.6 Å². The van der Waals surface area contributed by atoms with Gasteiger partial charge in [0.05, 0.1) is 22.2 Å². The van der Waals surface area contributed by atoms with Gasteiger partial charge in [0.1, 0.15) is 5.82 Å². The lowest BCUT2D eigenvalue weighted by atomic mass is 9.82. The van der Waals surface area contributed by atoms with Crippen molar-refractivity contribution in [1.82, 2.24) is 0 Å². The molecule has 0 radical (unpaired) electrons. The molecular weight excluding hydrogens is 277 g/mol. The molecule has 3 nitrogen and oxygen atoms in total. The number of hydrogen-bond donors (Lipinski definition) is 0. The highest BCUT2D eigenvalue weighted by atomic mass is 35.5. The number of halogens is 2. The summed E-state index contributed by atoms with van der Waals surface area (Å²) >= 11 is 6.16. The van der Waals surface area contributed by atoms with E-state index in [2.05, 4.69) is 0 Å². The minimum absolute atomic E-state index is 0.109. The maximum Gasteiger partial charge on any atom is 0.151 e. The van der Waals surface area contributed by atoms with Crippen molar-refractivity contribution < 1.29 is 12.8 Å². The average molecular weight is 290 g/mol. The third kappa shape index (κ3) is 1.80. The van der Waals surface area contributed by atoms with Crippen molar-refractivity contribution in [2.24, 2.45) is 5.41 Å². The summed E-state index contributed by atoms with van der Waals surface area (Å²) < 4.78 is 35.8. The SMILES string of the molecule is Cc1cc(F)cc(N2CC3(C2)CS(=O)(=O)C3)c1Cl. The van der Waals surface area contributed by atoms with Crippen LogP contribution in [0.4, 0.5) is 10.1 Å². The third-order valence-corrected chi connectivity index (χ3v) is 6.24. The maximum absolute atomic E-state index is 13.4. The van der Waals surface area contributed by atoms with E-state index in [9.17, 15) is 12.8 Å². The Hall–Kier alpha value is -0.810. The van der Waals surface area contributed by atoms with Crippen LogP contribution in [0.3, 0.4) is 0 Å². The molecule has 1 spiro atoms. The van der Waals surface area contributed by atoms with E-state index in [-0.39, 0.29) is 22.7 Å². The van der Waals surface area contributed by atoms with E-state index in [0.717, 1.165) is 0 Å². The Morgan fingerprint density at radius 3 is 2.50 bits per heavy atom. The molecule has 0 aromatic heterocycles. The molecule has 0 bridgehead atoms. The van der Waals surface area contributed by atoms with Crippen molar-refractivity contribution in [1.29, 1.82) is 0 Å². The van der Waals surface area contributed by atoms with Crippen molar-refractivity contribution in [3.05, 3.63) is 28.5 Å². The Labute approximate surface area is 110 Å². The fraction of sp³-hybridized carbons (Fsp3) is 0.500. The van der Waals surface area contributed by atoms with Gasteiger partial charge < -0.3 is 4.90 Å². The third-order valence-electron chi connectivity index (χ3n) is 3.65. The molecule has 6 heteroatoms. The van der Waals surface area contributed by atoms with Crippen molar-refractivity contribution >= 4 is 27.1 Å². The molecule has 18 heavy (non-hydrogen) atoms. The van der Waals surface area contributed by atoms with Crippen LogP contribution in [0.15, 0.2) is 12.1 Å². The van der Waals surface area contributed by atoms with Crippen LogP contribution in [0.25, 0.3) is 0 Å². The maximum atomic E-state index is 13.4. The molecule has 0 N–H and O–H groups in total. The summed E-state index contributed by atoms with van der Waals surface area (Å²) in [6.45, 7) is 3.06. The summed E-state index contributed by atoms with van der Waals surface area (Å²) in [6.07, 6.45) is 0. The number of sulfone groups is 1. The van der Waals surface area contributed by atoms with Gasteiger partial charge in [0.2, 0.25) is 0 Å². The zero-order chi connectivity index (χ0) is 13.1. The largest absolute Gasteiger partial charge is 0.369 e. The molecule has 2 heterocycles. The van der Waals surface area contributed by atoms with E-state index in [1.54, 1.807) is 6.92 Å². The molecule has 2 fully saturated rings. The molecule has 0 saturated carbocycles. The topological polar surface area (TPSA) is 37.4 Å². The van der Waals surface area contributed by atoms with Gasteiger partial charge in [-0.3, -0.25) is 0 Å². The molecular formula is C12H13ClFNO2S. The molecule has 98 valence electrons. The van der Waals surface area contributed by atoms with Crippen molar-refractivity contribution in [3.8, 4) is 0 Å². The lowest BCUT2D eigenvalue weighted by Crippen LogP contribution is -2.68. The summed E-state index contributed by atoms with van der Waals surface area (Å²) in [7, 11) is -2.82. The number of benzene rings is 1. The molecule has 1 aromatic carbocycles. The van der Waals surface area contributed by atoms with Crippen molar-refractivity contribution in [2.45, 2.75) is 6.92 Å². The Morgan fingerprint density at radius 1 is 1.33 bits per heavy atom. The lowest BCUT2D eigenvalue weighted by Gasteiger charge is -2.56. The zero-order valence-corrected chi connectivity index (χ0v) is 11.5. The summed E-state index contributed by atoms with van der Waals surface area (Å²) in [6, 6.07) is 2.81. The summed E-state index contributed by atoms with van der Waals surface area (Å²) in [5.74, 6) is 0.194. The Balaban J connectivity index is 1.80. The van der Waals surface area contributed by atoms with Crippen molar-refractivity contribution in [2.75, 3.05) is 29.5 Å². The van der Waals surface area contributed by atoms with E-state index < -0.39 is 9.84 Å². The number of nitrogens with zero attached hydrogens (tertiary/aromatic N) is 1. The molecule has 2 aliphatic rings. The highest BCUT2D eigenvalue weighted by Crippen LogP contribution is 2.45. The second kappa shape index (κ2) is 3.61. The Bertz CT molecular complexity index is 609. The fourth-order valence-corrected chi connectivity index (χ4v) is 5.32. The molecule has 0 atom stereocenters. The lowest BCUT2D eigenvalue weighted by molar-refractivity contribution is 0.254. The van der Waals surface area contributed by atoms with E-state index in [0.29, 0.717) is 29.4 Å². The monoisotopic (exact) mass is 289 g/mol. The van der Waals surface area contributed by atoms with Crippen LogP contribution in [0.5, 0.6) is 0 Å². The van der Waals surface area contributed by atoms with Gasteiger partial charge in [-0.05, 0) is 24.6 Å². The average Bonchev–Trinajstić information content (AvgIpc) is 2.16. The predicted octanol–water partition coefficient (Wildman–Crippen LogP) is 2.02. The number of rotatable bonds is 1. The summed E-state index contributed by atoms with van der Waals surface area (Å²) in [4.78, 5) is 1.95. The first-order valence-electron chi connectivity index (χ1n) is 5.71. The van der Waals surface area contributed by atoms with Gasteiger partial charge >= 0.3 is 0 Å². The van der Waals surface area contributed by atoms with E-state index in [4.69, 9.17) is 11.6 Å². The molecule has 3 rings (SSSR count). The van der Waals surface area contributed by atoms with Crippen LogP contribution in [0.1, 0.15) is 5.56 Å². The highest BCUT2D eigenvalue weighted by Gasteiger charge is 2.56. The molecule has 2 saturated heterocycles. The molecule has 0 aliphatic carbocycles. The van der Waals surface area contributed by atoms with E-state index in [1.165, 1.54) is 12.1 Å². The van der Waals surface area contributed by atoms with E-state index >= 15 is 0 Å². The highest BCUT2D eigenvalue weighted by molar-refractivity contribution is 7.92. The second-order valence-electron chi connectivity index (χ2n) is 5.44. The normalized spacial score (nSPS) is 23.6. The fourth-order valence-electron chi connectivity index (χ4n) is 2.95. The summed E-state index contributed by atoms with van der Waals surface area (Å²) in [5, 5.41) is 0.549. The van der Waals surface area contributed by atoms with Gasteiger partial charge in [-0.2, -0.15) is 0 Å². The molecule has 1 aromatic rings. The number of aryl methyl sites for hydroxylation is 1. The number of anilines is 1. The van der Waals surface area contributed by atoms with Crippen LogP contribution in [-0.2, 0) is 9.84 Å². The summed E-state index contributed by atoms with van der Waals surface area (Å²) in [5.41, 5.74) is 1.26. The Kier molecular flexibility index (Phi) is 2.45. The van der Waals surface area contributed by atoms with Gasteiger partial charge in [0.15, 0.2) is 9.84 Å². The standard InChI is InChI=1S/C12H13ClFNO2S/c1-8-2-9(14)3-10(11(8)13)15-4-12(5-15)6-18(16,17)7-12/h2-3H,4-7H2,1H3. The van der Waals surface area contributed by atoms with Crippen LogP contribution in [-0.4, -0.2) is 33.0 Å². The van der Waals surface area contributed by atoms with Gasteiger partial charge in [-0.1, -0.05) is 11.6 Å². The van der Waals surface area contributed by atoms with Crippen LogP contribution < -0.4 is 4.90 Å². The second-order valence-corrected chi connectivity index (χ2v) is 7.89. The van der Waals surface area contributed by atoms with Crippen LogP contribution in [0.2, 0.25) is 5.02 Å². The molecule has 2 aliphatic heterocycles. The molecule has 0 amide bonds. The Morgan fingerprint density at radius 2 is 1.94 bits per heavy atom. The van der Waals surface area contributed by atoms with E-state index in [1.807, 2.05) is 4.90 Å². The first kappa shape index (κ1) is 12.2. The molecule has 0 unspecified atom stereocenters. The smallest absolute Gasteiger partial charge is 0.151 e. The van der Waals surface area contributed by atoms with Crippen LogP contribution in [0, 0.1) is 18.2 Å². The van der Waals surface area contributed by atoms with Gasteiger partial charge in [0, 0.05) is 18.5 Å². The predicted molar refractivity (Wildman–Crippen MR) is 69.4 cm³/mol. The minimum atomic E-state index is -2.82. The van der Waals surface area contributed by atoms with Gasteiger partial charge in [-0.15, -0.1) is 0 Å². The van der Waals surface area contributed by atoms with Crippen molar-refractivity contribution in [3.63, 3.8) is 0 Å². The quantitative estimate of drug-likeness (QED) is 0.794. The van der Waals surface area contributed by atoms with Gasteiger partial charge in [0.25, 0.3) is 0 Å². The minimum Gasteiger partial charge on any atom is -0.369 e. The van der Waals surface area contributed by atoms with Gasteiger partial charge in [-0.25, -0.2) is 12.8 Å². The first-order chi connectivity index (χ1) is 8.30.